The van der Waals surface area contributed by atoms with Gasteiger partial charge in [-0.25, -0.2) is 16.8 Å². The van der Waals surface area contributed by atoms with Gasteiger partial charge in [0.1, 0.15) is 0 Å². The number of amides is 1. The van der Waals surface area contributed by atoms with Crippen LogP contribution in [0.1, 0.15) is 11.1 Å². The molecule has 0 fully saturated rings. The fourth-order valence-electron chi connectivity index (χ4n) is 2.88. The van der Waals surface area contributed by atoms with E-state index in [1.54, 1.807) is 36.4 Å². The lowest BCUT2D eigenvalue weighted by molar-refractivity contribution is -0.116. The molecule has 0 saturated heterocycles. The molecule has 0 atom stereocenters. The number of aryl methyl sites for hydroxylation is 1. The largest absolute Gasteiger partial charge is 0.325 e. The number of benzene rings is 3. The van der Waals surface area contributed by atoms with Crippen molar-refractivity contribution >= 4 is 43.4 Å². The van der Waals surface area contributed by atoms with Gasteiger partial charge < -0.3 is 5.32 Å². The number of carbonyl (C=O) groups is 1. The second-order valence-electron chi connectivity index (χ2n) is 7.56. The van der Waals surface area contributed by atoms with Gasteiger partial charge in [0.15, 0.2) is 0 Å². The number of nitrogens with one attached hydrogen (secondary N) is 2. The van der Waals surface area contributed by atoms with E-state index < -0.39 is 26.0 Å². The Kier molecular flexibility index (Phi) is 7.87. The highest BCUT2D eigenvalue weighted by atomic mass is 32.2. The first kappa shape index (κ1) is 25.2. The summed E-state index contributed by atoms with van der Waals surface area (Å²) in [4.78, 5) is 12.5. The highest BCUT2D eigenvalue weighted by molar-refractivity contribution is 7.92. The fourth-order valence-corrected chi connectivity index (χ4v) is 4.77. The highest BCUT2D eigenvalue weighted by Crippen LogP contribution is 2.19. The van der Waals surface area contributed by atoms with E-state index in [0.717, 1.165) is 20.8 Å². The molecule has 8 nitrogen and oxygen atoms in total. The lowest BCUT2D eigenvalue weighted by Crippen LogP contribution is -2.33. The van der Waals surface area contributed by atoms with E-state index in [-0.39, 0.29) is 11.4 Å². The van der Waals surface area contributed by atoms with Crippen LogP contribution in [0.5, 0.6) is 0 Å². The van der Waals surface area contributed by atoms with Crippen LogP contribution in [-0.4, -0.2) is 40.6 Å². The minimum atomic E-state index is -3.79. The van der Waals surface area contributed by atoms with Crippen LogP contribution in [0.15, 0.2) is 89.2 Å². The zero-order valence-electron chi connectivity index (χ0n) is 18.7. The van der Waals surface area contributed by atoms with Crippen molar-refractivity contribution in [1.29, 1.82) is 0 Å². The van der Waals surface area contributed by atoms with E-state index in [1.165, 1.54) is 49.5 Å². The van der Waals surface area contributed by atoms with Crippen LogP contribution in [0, 0.1) is 6.92 Å². The van der Waals surface area contributed by atoms with Gasteiger partial charge in [-0.3, -0.25) is 9.52 Å². The standard InChI is InChI=1S/C24H25N3O5S2/c1-19-8-14-23(15-9-19)34(31,32)26-22-12-10-21(11-13-22)25-24(28)18-27(2)33(29,30)17-16-20-6-4-3-5-7-20/h3-17,26H,18H2,1-2H3,(H,25,28). The molecule has 0 aliphatic heterocycles. The van der Waals surface area contributed by atoms with Crippen LogP contribution in [0.25, 0.3) is 6.08 Å². The monoisotopic (exact) mass is 499 g/mol. The van der Waals surface area contributed by atoms with Crippen molar-refractivity contribution in [2.24, 2.45) is 0 Å². The summed E-state index contributed by atoms with van der Waals surface area (Å²) in [6, 6.07) is 21.5. The normalized spacial score (nSPS) is 12.1. The number of sulfonamides is 2. The zero-order chi connectivity index (χ0) is 24.8. The Morgan fingerprint density at radius 3 is 2.06 bits per heavy atom. The minimum absolute atomic E-state index is 0.140. The predicted molar refractivity (Wildman–Crippen MR) is 134 cm³/mol. The molecule has 0 aliphatic carbocycles. The van der Waals surface area contributed by atoms with Gasteiger partial charge >= 0.3 is 0 Å². The lowest BCUT2D eigenvalue weighted by Gasteiger charge is -2.15. The molecule has 0 unspecified atom stereocenters. The number of rotatable bonds is 9. The number of nitrogens with zero attached hydrogens (tertiary/aromatic N) is 1. The highest BCUT2D eigenvalue weighted by Gasteiger charge is 2.18. The maximum absolute atomic E-state index is 12.5. The van der Waals surface area contributed by atoms with Gasteiger partial charge in [0.2, 0.25) is 15.9 Å². The molecule has 3 rings (SSSR count). The van der Waals surface area contributed by atoms with Gasteiger partial charge in [-0.1, -0.05) is 48.0 Å². The molecule has 0 spiro atoms. The average molecular weight is 500 g/mol. The van der Waals surface area contributed by atoms with Crippen LogP contribution in [0.3, 0.4) is 0 Å². The Balaban J connectivity index is 1.58. The maximum atomic E-state index is 12.5. The fraction of sp³-hybridized carbons (Fsp3) is 0.125. The summed E-state index contributed by atoms with van der Waals surface area (Å²) in [5.74, 6) is -0.535. The van der Waals surface area contributed by atoms with Crippen molar-refractivity contribution in [2.75, 3.05) is 23.6 Å². The van der Waals surface area contributed by atoms with Gasteiger partial charge in [0, 0.05) is 23.8 Å². The predicted octanol–water partition coefficient (Wildman–Crippen LogP) is 3.67. The lowest BCUT2D eigenvalue weighted by atomic mass is 10.2. The third kappa shape index (κ3) is 7.01. The molecular formula is C24H25N3O5S2. The molecule has 178 valence electrons. The van der Waals surface area contributed by atoms with E-state index >= 15 is 0 Å². The topological polar surface area (TPSA) is 113 Å². The number of likely N-dealkylation sites (N-methyl/N-ethyl adjacent to an activating group) is 1. The summed E-state index contributed by atoms with van der Waals surface area (Å²) >= 11 is 0. The van der Waals surface area contributed by atoms with E-state index in [0.29, 0.717) is 11.4 Å². The van der Waals surface area contributed by atoms with E-state index in [2.05, 4.69) is 10.0 Å². The van der Waals surface area contributed by atoms with Crippen LogP contribution in [0.2, 0.25) is 0 Å². The van der Waals surface area contributed by atoms with Gasteiger partial charge in [-0.2, -0.15) is 4.31 Å². The van der Waals surface area contributed by atoms with Crippen molar-refractivity contribution in [3.05, 3.63) is 95.4 Å². The number of hydrogen-bond donors (Lipinski definition) is 2. The van der Waals surface area contributed by atoms with Crippen LogP contribution < -0.4 is 10.0 Å². The summed E-state index contributed by atoms with van der Waals surface area (Å²) in [5.41, 5.74) is 2.39. The Morgan fingerprint density at radius 2 is 1.44 bits per heavy atom. The van der Waals surface area contributed by atoms with Gasteiger partial charge in [-0.05, 0) is 55.0 Å². The molecule has 0 bridgehead atoms. The Morgan fingerprint density at radius 1 is 0.853 bits per heavy atom. The molecule has 3 aromatic rings. The molecule has 0 aromatic heterocycles. The van der Waals surface area contributed by atoms with E-state index in [9.17, 15) is 21.6 Å². The number of carbonyl (C=O) groups excluding carboxylic acids is 1. The Bertz CT molecular complexity index is 1370. The third-order valence-electron chi connectivity index (χ3n) is 4.78. The zero-order valence-corrected chi connectivity index (χ0v) is 20.3. The van der Waals surface area contributed by atoms with E-state index in [4.69, 9.17) is 0 Å². The number of anilines is 2. The summed E-state index contributed by atoms with van der Waals surface area (Å²) in [6.07, 6.45) is 1.46. The van der Waals surface area contributed by atoms with Crippen molar-refractivity contribution in [3.63, 3.8) is 0 Å². The van der Waals surface area contributed by atoms with Crippen LogP contribution in [-0.2, 0) is 24.8 Å². The SMILES string of the molecule is Cc1ccc(S(=O)(=O)Nc2ccc(NC(=O)CN(C)S(=O)(=O)C=Cc3ccccc3)cc2)cc1. The molecule has 34 heavy (non-hydrogen) atoms. The van der Waals surface area contributed by atoms with Gasteiger partial charge in [-0.15, -0.1) is 0 Å². The third-order valence-corrected chi connectivity index (χ3v) is 7.66. The van der Waals surface area contributed by atoms with Crippen molar-refractivity contribution in [1.82, 2.24) is 4.31 Å². The summed E-state index contributed by atoms with van der Waals surface area (Å²) in [7, 11) is -6.22. The van der Waals surface area contributed by atoms with Crippen molar-refractivity contribution < 1.29 is 21.6 Å². The van der Waals surface area contributed by atoms with Crippen LogP contribution >= 0.6 is 0 Å². The molecule has 3 aromatic carbocycles. The molecular weight excluding hydrogens is 474 g/mol. The first-order chi connectivity index (χ1) is 16.0. The smallest absolute Gasteiger partial charge is 0.261 e. The van der Waals surface area contributed by atoms with Gasteiger partial charge in [0.05, 0.1) is 11.4 Å². The molecule has 0 heterocycles. The second-order valence-corrected chi connectivity index (χ2v) is 11.2. The summed E-state index contributed by atoms with van der Waals surface area (Å²) < 4.78 is 53.2. The van der Waals surface area contributed by atoms with Crippen molar-refractivity contribution in [3.8, 4) is 0 Å². The molecule has 1 amide bonds. The van der Waals surface area contributed by atoms with Crippen LogP contribution in [0.4, 0.5) is 11.4 Å². The quantitative estimate of drug-likeness (QED) is 0.467. The summed E-state index contributed by atoms with van der Waals surface area (Å²) in [5, 5.41) is 3.65. The summed E-state index contributed by atoms with van der Waals surface area (Å²) in [6.45, 7) is 1.48. The Labute approximate surface area is 200 Å². The van der Waals surface area contributed by atoms with Gasteiger partial charge in [0.25, 0.3) is 10.0 Å². The first-order valence-corrected chi connectivity index (χ1v) is 13.2. The second kappa shape index (κ2) is 10.6. The number of hydrogen-bond acceptors (Lipinski definition) is 5. The molecule has 0 aliphatic rings. The van der Waals surface area contributed by atoms with E-state index in [1.807, 2.05) is 13.0 Å². The average Bonchev–Trinajstić information content (AvgIpc) is 2.80. The molecule has 10 heteroatoms. The molecule has 0 saturated carbocycles. The molecule has 2 N–H and O–H groups in total. The minimum Gasteiger partial charge on any atom is -0.325 e. The first-order valence-electron chi connectivity index (χ1n) is 10.2. The Hall–Kier alpha value is -3.47. The molecule has 0 radical (unpaired) electrons. The maximum Gasteiger partial charge on any atom is 0.261 e. The van der Waals surface area contributed by atoms with Crippen molar-refractivity contribution in [2.45, 2.75) is 11.8 Å².